The molecular weight excluding hydrogens is 389 g/mol. The first-order valence-corrected chi connectivity index (χ1v) is 9.66. The highest BCUT2D eigenvalue weighted by molar-refractivity contribution is 6.04. The van der Waals surface area contributed by atoms with Crippen LogP contribution in [0, 0.1) is 5.82 Å². The number of hydrogen-bond donors (Lipinski definition) is 2. The maximum atomic E-state index is 13.4. The number of hydrogen-bond acceptors (Lipinski definition) is 5. The Bertz CT molecular complexity index is 904. The molecule has 30 heavy (non-hydrogen) atoms. The molecule has 8 heteroatoms. The number of oxime groups is 1. The van der Waals surface area contributed by atoms with Gasteiger partial charge < -0.3 is 20.2 Å². The van der Waals surface area contributed by atoms with E-state index in [0.29, 0.717) is 30.8 Å². The minimum atomic E-state index is -0.881. The third-order valence-electron chi connectivity index (χ3n) is 4.64. The third kappa shape index (κ3) is 5.87. The Morgan fingerprint density at radius 2 is 2.03 bits per heavy atom. The molecule has 0 unspecified atom stereocenters. The fraction of sp³-hybridized carbons (Fsp3) is 0.318. The van der Waals surface area contributed by atoms with Crippen LogP contribution in [0.4, 0.5) is 4.39 Å². The summed E-state index contributed by atoms with van der Waals surface area (Å²) in [7, 11) is 1.54. The van der Waals surface area contributed by atoms with Crippen molar-refractivity contribution in [3.05, 3.63) is 71.5 Å². The quantitative estimate of drug-likeness (QED) is 0.614. The number of ether oxygens (including phenoxy) is 1. The second-order valence-corrected chi connectivity index (χ2v) is 6.88. The number of rotatable bonds is 9. The summed E-state index contributed by atoms with van der Waals surface area (Å²) < 4.78 is 18.4. The number of nitrogens with one attached hydrogen (secondary N) is 2. The van der Waals surface area contributed by atoms with Gasteiger partial charge in [0.1, 0.15) is 11.9 Å². The molecule has 1 heterocycles. The zero-order chi connectivity index (χ0) is 21.3. The van der Waals surface area contributed by atoms with Gasteiger partial charge in [-0.3, -0.25) is 9.59 Å². The van der Waals surface area contributed by atoms with Crippen molar-refractivity contribution >= 4 is 17.5 Å². The lowest BCUT2D eigenvalue weighted by atomic mass is 10.0. The number of methoxy groups -OCH3 is 1. The Kier molecular flexibility index (Phi) is 7.51. The van der Waals surface area contributed by atoms with Crippen molar-refractivity contribution < 1.29 is 23.6 Å². The molecule has 2 N–H and O–H groups in total. The first kappa shape index (κ1) is 21.4. The zero-order valence-corrected chi connectivity index (χ0v) is 16.6. The molecule has 2 atom stereocenters. The van der Waals surface area contributed by atoms with E-state index in [9.17, 15) is 14.0 Å². The molecule has 0 spiro atoms. The van der Waals surface area contributed by atoms with E-state index in [1.54, 1.807) is 19.2 Å². The monoisotopic (exact) mass is 413 g/mol. The molecule has 3 rings (SSSR count). The molecule has 0 radical (unpaired) electrons. The first-order valence-electron chi connectivity index (χ1n) is 9.66. The zero-order valence-electron chi connectivity index (χ0n) is 16.6. The smallest absolute Gasteiger partial charge is 0.265 e. The fourth-order valence-corrected chi connectivity index (χ4v) is 3.08. The molecule has 0 aliphatic carbocycles. The van der Waals surface area contributed by atoms with Gasteiger partial charge in [0.15, 0.2) is 0 Å². The summed E-state index contributed by atoms with van der Waals surface area (Å²) in [6.07, 6.45) is -0.359. The Labute approximate surface area is 174 Å². The number of amides is 2. The van der Waals surface area contributed by atoms with Crippen LogP contribution < -0.4 is 10.6 Å². The predicted octanol–water partition coefficient (Wildman–Crippen LogP) is 1.81. The largest absolute Gasteiger partial charge is 0.383 e. The summed E-state index contributed by atoms with van der Waals surface area (Å²) in [6.45, 7) is 0.706. The summed E-state index contributed by atoms with van der Waals surface area (Å²) in [5.41, 5.74) is 1.95. The molecule has 158 valence electrons. The third-order valence-corrected chi connectivity index (χ3v) is 4.64. The van der Waals surface area contributed by atoms with Crippen LogP contribution in [0.25, 0.3) is 0 Å². The van der Waals surface area contributed by atoms with Crippen LogP contribution in [0.2, 0.25) is 0 Å². The van der Waals surface area contributed by atoms with Gasteiger partial charge >= 0.3 is 0 Å². The fourth-order valence-electron chi connectivity index (χ4n) is 3.08. The van der Waals surface area contributed by atoms with E-state index < -0.39 is 23.9 Å². The normalized spacial score (nSPS) is 16.3. The van der Waals surface area contributed by atoms with Crippen LogP contribution in [0.5, 0.6) is 0 Å². The number of nitrogens with zero attached hydrogens (tertiary/aromatic N) is 1. The predicted molar refractivity (Wildman–Crippen MR) is 109 cm³/mol. The van der Waals surface area contributed by atoms with Crippen LogP contribution in [0.1, 0.15) is 17.5 Å². The van der Waals surface area contributed by atoms with Crippen LogP contribution in [-0.2, 0) is 25.6 Å². The van der Waals surface area contributed by atoms with E-state index in [1.165, 1.54) is 12.1 Å². The average molecular weight is 413 g/mol. The summed E-state index contributed by atoms with van der Waals surface area (Å²) in [5.74, 6) is -1.15. The number of benzene rings is 2. The van der Waals surface area contributed by atoms with Crippen LogP contribution in [0.15, 0.2) is 59.8 Å². The van der Waals surface area contributed by atoms with Gasteiger partial charge in [0, 0.05) is 32.1 Å². The van der Waals surface area contributed by atoms with E-state index >= 15 is 0 Å². The summed E-state index contributed by atoms with van der Waals surface area (Å²) >= 11 is 0. The molecule has 1 aliphatic heterocycles. The molecule has 2 aromatic rings. The van der Waals surface area contributed by atoms with Crippen molar-refractivity contribution in [1.29, 1.82) is 0 Å². The summed E-state index contributed by atoms with van der Waals surface area (Å²) in [6, 6.07) is 14.6. The van der Waals surface area contributed by atoms with Crippen molar-refractivity contribution in [2.24, 2.45) is 5.16 Å². The van der Waals surface area contributed by atoms with Gasteiger partial charge in [-0.15, -0.1) is 0 Å². The van der Waals surface area contributed by atoms with E-state index in [-0.39, 0.29) is 12.3 Å². The SMILES string of the molecule is COCCNC(=O)[C@H](Cc1ccccc1)NC(=O)[C@@H]1CC(c2cccc(F)c2)=NO1. The van der Waals surface area contributed by atoms with E-state index in [4.69, 9.17) is 9.57 Å². The van der Waals surface area contributed by atoms with Crippen LogP contribution in [-0.4, -0.2) is 49.9 Å². The van der Waals surface area contributed by atoms with Gasteiger partial charge in [-0.25, -0.2) is 4.39 Å². The molecule has 0 saturated carbocycles. The topological polar surface area (TPSA) is 89.0 Å². The lowest BCUT2D eigenvalue weighted by Crippen LogP contribution is -2.51. The van der Waals surface area contributed by atoms with Crippen molar-refractivity contribution in [2.45, 2.75) is 25.0 Å². The Hall–Kier alpha value is -3.26. The maximum Gasteiger partial charge on any atom is 0.265 e. The molecule has 0 aromatic heterocycles. The van der Waals surface area contributed by atoms with Crippen molar-refractivity contribution in [3.63, 3.8) is 0 Å². The standard InChI is InChI=1S/C22H24FN3O4/c1-29-11-10-24-21(27)19(12-15-6-3-2-4-7-15)25-22(28)20-14-18(26-30-20)16-8-5-9-17(23)13-16/h2-9,13,19-20H,10-12,14H2,1H3,(H,24,27)(H,25,28)/t19-,20-/m0/s1. The molecule has 7 nitrogen and oxygen atoms in total. The van der Waals surface area contributed by atoms with Crippen molar-refractivity contribution in [2.75, 3.05) is 20.3 Å². The average Bonchev–Trinajstić information content (AvgIpc) is 3.25. The second-order valence-electron chi connectivity index (χ2n) is 6.88. The van der Waals surface area contributed by atoms with Gasteiger partial charge in [0.25, 0.3) is 5.91 Å². The molecule has 0 fully saturated rings. The van der Waals surface area contributed by atoms with Gasteiger partial charge in [0.05, 0.1) is 12.3 Å². The summed E-state index contributed by atoms with van der Waals surface area (Å²) in [5, 5.41) is 9.42. The lowest BCUT2D eigenvalue weighted by Gasteiger charge is -2.20. The highest BCUT2D eigenvalue weighted by Crippen LogP contribution is 2.18. The highest BCUT2D eigenvalue weighted by Gasteiger charge is 2.32. The van der Waals surface area contributed by atoms with Gasteiger partial charge in [-0.05, 0) is 17.7 Å². The van der Waals surface area contributed by atoms with Gasteiger partial charge in [-0.1, -0.05) is 47.6 Å². The van der Waals surface area contributed by atoms with Gasteiger partial charge in [-0.2, -0.15) is 0 Å². The Morgan fingerprint density at radius 1 is 1.23 bits per heavy atom. The van der Waals surface area contributed by atoms with Gasteiger partial charge in [0.2, 0.25) is 12.0 Å². The Balaban J connectivity index is 1.63. The number of halogens is 1. The Morgan fingerprint density at radius 3 is 2.77 bits per heavy atom. The molecule has 2 aromatic carbocycles. The minimum Gasteiger partial charge on any atom is -0.383 e. The molecule has 1 aliphatic rings. The van der Waals surface area contributed by atoms with Crippen LogP contribution in [0.3, 0.4) is 0 Å². The van der Waals surface area contributed by atoms with E-state index in [1.807, 2.05) is 30.3 Å². The highest BCUT2D eigenvalue weighted by atomic mass is 19.1. The van der Waals surface area contributed by atoms with Crippen LogP contribution >= 0.6 is 0 Å². The first-order chi connectivity index (χ1) is 14.6. The van der Waals surface area contributed by atoms with E-state index in [2.05, 4.69) is 15.8 Å². The number of carbonyl (C=O) groups is 2. The van der Waals surface area contributed by atoms with Crippen molar-refractivity contribution in [1.82, 2.24) is 10.6 Å². The second kappa shape index (κ2) is 10.5. The van der Waals surface area contributed by atoms with E-state index in [0.717, 1.165) is 5.56 Å². The van der Waals surface area contributed by atoms with Crippen molar-refractivity contribution in [3.8, 4) is 0 Å². The molecule has 0 bridgehead atoms. The number of carbonyl (C=O) groups excluding carboxylic acids is 2. The summed E-state index contributed by atoms with van der Waals surface area (Å²) in [4.78, 5) is 30.6. The molecule has 2 amide bonds. The minimum absolute atomic E-state index is 0.193. The molecular formula is C22H24FN3O4. The maximum absolute atomic E-state index is 13.4. The lowest BCUT2D eigenvalue weighted by molar-refractivity contribution is -0.135. The molecule has 0 saturated heterocycles.